The average Bonchev–Trinajstić information content (AvgIpc) is 2.98. The van der Waals surface area contributed by atoms with Gasteiger partial charge in [-0.05, 0) is 30.5 Å². The monoisotopic (exact) mass is 621 g/mol. The van der Waals surface area contributed by atoms with Crippen molar-refractivity contribution in [3.05, 3.63) is 92.2 Å². The zero-order valence-corrected chi connectivity index (χ0v) is 24.5. The maximum Gasteiger partial charge on any atom is 0.434 e. The number of nitrogens with one attached hydrogen (secondary N) is 1. The van der Waals surface area contributed by atoms with Crippen LogP contribution in [0.25, 0.3) is 0 Å². The number of nitro groups is 1. The molecule has 0 spiro atoms. The first-order chi connectivity index (χ1) is 20.7. The van der Waals surface area contributed by atoms with Crippen LogP contribution in [0, 0.1) is 27.9 Å². The fourth-order valence-electron chi connectivity index (χ4n) is 4.91. The summed E-state index contributed by atoms with van der Waals surface area (Å²) in [5, 5.41) is 23.8. The Balaban J connectivity index is 1.79. The second kappa shape index (κ2) is 14.4. The first-order valence-corrected chi connectivity index (χ1v) is 13.6. The molecule has 0 bridgehead atoms. The van der Waals surface area contributed by atoms with Crippen molar-refractivity contribution < 1.29 is 47.0 Å². The minimum atomic E-state index is -4.94. The van der Waals surface area contributed by atoms with Crippen LogP contribution in [0.15, 0.2) is 76.5 Å². The van der Waals surface area contributed by atoms with Crippen LogP contribution in [-0.2, 0) is 25.5 Å². The molecule has 44 heavy (non-hydrogen) atoms. The molecule has 3 rings (SSSR count). The summed E-state index contributed by atoms with van der Waals surface area (Å²) in [6, 6.07) is 6.31. The zero-order valence-electron chi connectivity index (χ0n) is 24.5. The largest absolute Gasteiger partial charge is 0.498 e. The predicted molar refractivity (Wildman–Crippen MR) is 152 cm³/mol. The van der Waals surface area contributed by atoms with Crippen LogP contribution in [0.2, 0.25) is 0 Å². The van der Waals surface area contributed by atoms with E-state index in [2.05, 4.69) is 5.32 Å². The lowest BCUT2D eigenvalue weighted by molar-refractivity contribution is -0.421. The summed E-state index contributed by atoms with van der Waals surface area (Å²) in [5.41, 5.74) is 3.65. The van der Waals surface area contributed by atoms with Crippen molar-refractivity contribution in [3.8, 4) is 5.75 Å². The third-order valence-electron chi connectivity index (χ3n) is 7.31. The standard InChI is InChI=1S/C30H34F3N3O8/c1-16(2)26(34)23(38)15-44-19-10-8-18(9-11-19)12-13-43-29(39)24-17(3)35-28(30(31,32)33)27(42-4)25(24)20-6-5-7-22(36(40)41)21(20)14-37/h5-11,16,20,23,25-26,35,38H,12-13,15,34H2,1-4H3. The summed E-state index contributed by atoms with van der Waals surface area (Å²) in [7, 11) is 0.965. The molecule has 0 radical (unpaired) electrons. The van der Waals surface area contributed by atoms with Gasteiger partial charge in [-0.15, -0.1) is 0 Å². The number of alkyl halides is 3. The number of hydrogen-bond donors (Lipinski definition) is 3. The number of esters is 1. The third kappa shape index (κ3) is 7.76. The lowest BCUT2D eigenvalue weighted by Crippen LogP contribution is -2.42. The van der Waals surface area contributed by atoms with Crippen molar-refractivity contribution >= 4 is 11.9 Å². The van der Waals surface area contributed by atoms with Gasteiger partial charge in [0.1, 0.15) is 35.7 Å². The summed E-state index contributed by atoms with van der Waals surface area (Å²) < 4.78 is 58.1. The number of benzene rings is 1. The van der Waals surface area contributed by atoms with Crippen molar-refractivity contribution in [3.63, 3.8) is 0 Å². The van der Waals surface area contributed by atoms with Gasteiger partial charge in [-0.1, -0.05) is 38.1 Å². The molecule has 4 unspecified atom stereocenters. The minimum Gasteiger partial charge on any atom is -0.498 e. The molecule has 0 amide bonds. The van der Waals surface area contributed by atoms with E-state index in [1.807, 2.05) is 13.8 Å². The van der Waals surface area contributed by atoms with Crippen LogP contribution >= 0.6 is 0 Å². The molecule has 1 aliphatic heterocycles. The van der Waals surface area contributed by atoms with Gasteiger partial charge in [0, 0.05) is 30.2 Å². The van der Waals surface area contributed by atoms with Crippen molar-refractivity contribution in [2.45, 2.75) is 45.5 Å². The Kier molecular flexibility index (Phi) is 11.2. The first kappa shape index (κ1) is 34.1. The summed E-state index contributed by atoms with van der Waals surface area (Å²) in [5.74, 6) is -2.68. The fourth-order valence-corrected chi connectivity index (χ4v) is 4.91. The molecule has 4 N–H and O–H groups in total. The molecule has 1 aromatic carbocycles. The lowest BCUT2D eigenvalue weighted by Gasteiger charge is -2.35. The predicted octanol–water partition coefficient (Wildman–Crippen LogP) is 3.51. The maximum atomic E-state index is 14.0. The van der Waals surface area contributed by atoms with E-state index in [0.717, 1.165) is 18.7 Å². The molecule has 1 aromatic rings. The van der Waals surface area contributed by atoms with E-state index in [1.54, 1.807) is 24.3 Å². The highest BCUT2D eigenvalue weighted by Crippen LogP contribution is 2.45. The molecule has 1 heterocycles. The van der Waals surface area contributed by atoms with Gasteiger partial charge in [0.15, 0.2) is 5.70 Å². The topological polar surface area (TPSA) is 163 Å². The number of hydrogen-bond acceptors (Lipinski definition) is 10. The van der Waals surface area contributed by atoms with Crippen LogP contribution in [0.5, 0.6) is 5.75 Å². The Hall–Kier alpha value is -4.39. The van der Waals surface area contributed by atoms with Crippen molar-refractivity contribution in [2.24, 2.45) is 23.5 Å². The number of ether oxygens (including phenoxy) is 3. The number of aliphatic hydroxyl groups excluding tert-OH is 1. The van der Waals surface area contributed by atoms with E-state index in [0.29, 0.717) is 5.75 Å². The van der Waals surface area contributed by atoms with Crippen molar-refractivity contribution in [1.29, 1.82) is 0 Å². The Bertz CT molecular complexity index is 1420. The van der Waals surface area contributed by atoms with E-state index in [-0.39, 0.29) is 36.8 Å². The van der Waals surface area contributed by atoms with Gasteiger partial charge in [0.05, 0.1) is 30.1 Å². The number of rotatable bonds is 12. The van der Waals surface area contributed by atoms with E-state index < -0.39 is 63.8 Å². The Morgan fingerprint density at radius 2 is 1.91 bits per heavy atom. The van der Waals surface area contributed by atoms with Gasteiger partial charge < -0.3 is 30.4 Å². The molecule has 238 valence electrons. The number of dihydropyridines is 1. The Labute approximate surface area is 251 Å². The van der Waals surface area contributed by atoms with Crippen molar-refractivity contribution in [1.82, 2.24) is 5.32 Å². The smallest absolute Gasteiger partial charge is 0.434 e. The van der Waals surface area contributed by atoms with E-state index in [9.17, 15) is 38.0 Å². The fraction of sp³-hybridized carbons (Fsp3) is 0.433. The average molecular weight is 622 g/mol. The number of carbonyl (C=O) groups is 1. The van der Waals surface area contributed by atoms with Gasteiger partial charge in [0.2, 0.25) is 0 Å². The van der Waals surface area contributed by atoms with E-state index in [4.69, 9.17) is 19.9 Å². The van der Waals surface area contributed by atoms with Gasteiger partial charge in [-0.25, -0.2) is 9.59 Å². The summed E-state index contributed by atoms with van der Waals surface area (Å²) in [4.78, 5) is 35.9. The maximum absolute atomic E-state index is 14.0. The second-order valence-corrected chi connectivity index (χ2v) is 10.5. The number of halogens is 3. The first-order valence-electron chi connectivity index (χ1n) is 13.6. The van der Waals surface area contributed by atoms with Gasteiger partial charge in [-0.3, -0.25) is 10.1 Å². The number of allylic oxidation sites excluding steroid dienone is 7. The quantitative estimate of drug-likeness (QED) is 0.136. The SMILES string of the molecule is COC1=C(C(F)(F)F)NC(C)=C(C(=O)OCCc2ccc(OCC(O)C(N)C(C)C)cc2)C1C1C=CC=C([N+](=O)[O-])C1=C=O. The highest BCUT2D eigenvalue weighted by Gasteiger charge is 2.49. The molecular formula is C30H34F3N3O8. The van der Waals surface area contributed by atoms with E-state index in [1.165, 1.54) is 25.0 Å². The highest BCUT2D eigenvalue weighted by molar-refractivity contribution is 5.91. The normalized spacial score (nSPS) is 20.0. The minimum absolute atomic E-state index is 0.00404. The van der Waals surface area contributed by atoms with Gasteiger partial charge in [0.25, 0.3) is 5.70 Å². The lowest BCUT2D eigenvalue weighted by atomic mass is 9.74. The number of methoxy groups -OCH3 is 1. The summed E-state index contributed by atoms with van der Waals surface area (Å²) in [6.07, 6.45) is -2.05. The molecule has 4 atom stereocenters. The molecule has 14 heteroatoms. The molecule has 0 aromatic heterocycles. The van der Waals surface area contributed by atoms with Crippen LogP contribution in [-0.4, -0.2) is 60.6 Å². The number of aliphatic hydroxyl groups is 1. The molecule has 0 saturated heterocycles. The zero-order chi connectivity index (χ0) is 32.8. The van der Waals surface area contributed by atoms with Crippen LogP contribution in [0.3, 0.4) is 0 Å². The van der Waals surface area contributed by atoms with Crippen molar-refractivity contribution in [2.75, 3.05) is 20.3 Å². The van der Waals surface area contributed by atoms with Crippen LogP contribution in [0.1, 0.15) is 26.3 Å². The number of carbonyl (C=O) groups excluding carboxylic acids is 2. The van der Waals surface area contributed by atoms with E-state index >= 15 is 0 Å². The molecule has 11 nitrogen and oxygen atoms in total. The van der Waals surface area contributed by atoms with Crippen LogP contribution < -0.4 is 15.8 Å². The molecular weight excluding hydrogens is 587 g/mol. The second-order valence-electron chi connectivity index (χ2n) is 10.5. The van der Waals surface area contributed by atoms with Gasteiger partial charge in [-0.2, -0.15) is 13.2 Å². The Morgan fingerprint density at radius 3 is 2.45 bits per heavy atom. The third-order valence-corrected chi connectivity index (χ3v) is 7.31. The summed E-state index contributed by atoms with van der Waals surface area (Å²) >= 11 is 0. The van der Waals surface area contributed by atoms with Crippen LogP contribution in [0.4, 0.5) is 13.2 Å². The Morgan fingerprint density at radius 1 is 1.25 bits per heavy atom. The van der Waals surface area contributed by atoms with Gasteiger partial charge >= 0.3 is 12.1 Å². The number of nitrogens with zero attached hydrogens (tertiary/aromatic N) is 1. The highest BCUT2D eigenvalue weighted by atomic mass is 19.4. The molecule has 2 aliphatic rings. The number of nitrogens with two attached hydrogens (primary N) is 1. The molecule has 1 aliphatic carbocycles. The molecule has 0 fully saturated rings. The molecule has 0 saturated carbocycles. The summed E-state index contributed by atoms with van der Waals surface area (Å²) in [6.45, 7) is 4.85.